The molecular formula is C17H21N3O2S2. The molecule has 2 rings (SSSR count). The van der Waals surface area contributed by atoms with Crippen molar-refractivity contribution in [2.24, 2.45) is 5.14 Å². The lowest BCUT2D eigenvalue weighted by Gasteiger charge is -2.12. The number of nitrogens with one attached hydrogen (secondary N) is 2. The SMILES string of the molecule is CC(C)c1ccc(NC(=S)NCc2ccc(S(N)(=O)=O)cc2)cc1. The molecule has 0 spiro atoms. The number of nitrogens with two attached hydrogens (primary N) is 1. The van der Waals surface area contributed by atoms with Gasteiger partial charge in [-0.1, -0.05) is 38.1 Å². The van der Waals surface area contributed by atoms with E-state index in [4.69, 9.17) is 17.4 Å². The first-order valence-electron chi connectivity index (χ1n) is 7.52. The molecule has 4 N–H and O–H groups in total. The molecule has 2 aromatic rings. The second kappa shape index (κ2) is 7.74. The molecule has 5 nitrogen and oxygen atoms in total. The quantitative estimate of drug-likeness (QED) is 0.711. The molecule has 0 atom stereocenters. The van der Waals surface area contributed by atoms with Crippen LogP contribution >= 0.6 is 12.2 Å². The third kappa shape index (κ3) is 5.30. The molecule has 0 unspecified atom stereocenters. The summed E-state index contributed by atoms with van der Waals surface area (Å²) in [5.74, 6) is 0.490. The van der Waals surface area contributed by atoms with Gasteiger partial charge in [0.15, 0.2) is 5.11 Å². The standard InChI is InChI=1S/C17H21N3O2S2/c1-12(2)14-5-7-15(8-6-14)20-17(23)19-11-13-3-9-16(10-4-13)24(18,21)22/h3-10,12H,11H2,1-2H3,(H2,18,21,22)(H2,19,20,23). The molecule has 0 aromatic heterocycles. The summed E-state index contributed by atoms with van der Waals surface area (Å²) in [6.07, 6.45) is 0. The summed E-state index contributed by atoms with van der Waals surface area (Å²) in [5.41, 5.74) is 3.09. The predicted octanol–water partition coefficient (Wildman–Crippen LogP) is 2.94. The van der Waals surface area contributed by atoms with E-state index < -0.39 is 10.0 Å². The fourth-order valence-electron chi connectivity index (χ4n) is 2.11. The Balaban J connectivity index is 1.89. The second-order valence-electron chi connectivity index (χ2n) is 5.77. The maximum absolute atomic E-state index is 11.2. The van der Waals surface area contributed by atoms with Crippen molar-refractivity contribution in [3.05, 3.63) is 59.7 Å². The van der Waals surface area contributed by atoms with Crippen LogP contribution in [0.4, 0.5) is 5.69 Å². The first-order valence-corrected chi connectivity index (χ1v) is 9.48. The summed E-state index contributed by atoms with van der Waals surface area (Å²) in [7, 11) is -3.66. The van der Waals surface area contributed by atoms with Gasteiger partial charge in [-0.15, -0.1) is 0 Å². The van der Waals surface area contributed by atoms with E-state index in [2.05, 4.69) is 36.6 Å². The minimum Gasteiger partial charge on any atom is -0.358 e. The maximum atomic E-state index is 11.2. The fourth-order valence-corrected chi connectivity index (χ4v) is 2.81. The summed E-state index contributed by atoms with van der Waals surface area (Å²) in [6, 6.07) is 14.5. The van der Waals surface area contributed by atoms with Crippen molar-refractivity contribution >= 4 is 33.0 Å². The van der Waals surface area contributed by atoms with Gasteiger partial charge in [-0.25, -0.2) is 13.6 Å². The van der Waals surface area contributed by atoms with Gasteiger partial charge in [0.1, 0.15) is 0 Å². The number of hydrogen-bond acceptors (Lipinski definition) is 3. The molecule has 2 aromatic carbocycles. The van der Waals surface area contributed by atoms with Crippen molar-refractivity contribution in [1.82, 2.24) is 5.32 Å². The Kier molecular flexibility index (Phi) is 5.93. The number of benzene rings is 2. The molecule has 0 saturated heterocycles. The van der Waals surface area contributed by atoms with Gasteiger partial charge in [0.2, 0.25) is 10.0 Å². The monoisotopic (exact) mass is 363 g/mol. The van der Waals surface area contributed by atoms with Crippen molar-refractivity contribution in [2.75, 3.05) is 5.32 Å². The smallest absolute Gasteiger partial charge is 0.238 e. The van der Waals surface area contributed by atoms with Crippen molar-refractivity contribution in [2.45, 2.75) is 31.2 Å². The molecule has 24 heavy (non-hydrogen) atoms. The van der Waals surface area contributed by atoms with E-state index in [1.54, 1.807) is 12.1 Å². The highest BCUT2D eigenvalue weighted by molar-refractivity contribution is 7.89. The second-order valence-corrected chi connectivity index (χ2v) is 7.74. The summed E-state index contributed by atoms with van der Waals surface area (Å²) in [4.78, 5) is 0.0946. The number of rotatable bonds is 5. The van der Waals surface area contributed by atoms with Crippen molar-refractivity contribution < 1.29 is 8.42 Å². The lowest BCUT2D eigenvalue weighted by Crippen LogP contribution is -2.27. The number of anilines is 1. The zero-order valence-electron chi connectivity index (χ0n) is 13.6. The number of primary sulfonamides is 1. The Labute approximate surface area is 148 Å². The molecule has 0 radical (unpaired) electrons. The van der Waals surface area contributed by atoms with Gasteiger partial charge in [-0.3, -0.25) is 0 Å². The molecule has 0 fully saturated rings. The third-order valence-corrected chi connectivity index (χ3v) is 4.72. The van der Waals surface area contributed by atoms with Crippen LogP contribution < -0.4 is 15.8 Å². The van der Waals surface area contributed by atoms with Gasteiger partial charge < -0.3 is 10.6 Å². The van der Waals surface area contributed by atoms with Crippen LogP contribution in [0.25, 0.3) is 0 Å². The molecule has 0 heterocycles. The van der Waals surface area contributed by atoms with Crippen LogP contribution in [0.2, 0.25) is 0 Å². The van der Waals surface area contributed by atoms with Crippen LogP contribution in [0.1, 0.15) is 30.9 Å². The minimum atomic E-state index is -3.66. The predicted molar refractivity (Wildman–Crippen MR) is 101 cm³/mol. The zero-order valence-corrected chi connectivity index (χ0v) is 15.2. The topological polar surface area (TPSA) is 84.2 Å². The van der Waals surface area contributed by atoms with E-state index in [0.717, 1.165) is 11.3 Å². The molecule has 0 saturated carbocycles. The van der Waals surface area contributed by atoms with Gasteiger partial charge in [-0.05, 0) is 53.5 Å². The highest BCUT2D eigenvalue weighted by Crippen LogP contribution is 2.17. The third-order valence-electron chi connectivity index (χ3n) is 3.54. The van der Waals surface area contributed by atoms with Gasteiger partial charge >= 0.3 is 0 Å². The van der Waals surface area contributed by atoms with Crippen LogP contribution in [0.5, 0.6) is 0 Å². The van der Waals surface area contributed by atoms with Crippen LogP contribution in [0.3, 0.4) is 0 Å². The van der Waals surface area contributed by atoms with Gasteiger partial charge in [0.05, 0.1) is 4.90 Å². The summed E-state index contributed by atoms with van der Waals surface area (Å²) in [6.45, 7) is 4.78. The fraction of sp³-hybridized carbons (Fsp3) is 0.235. The van der Waals surface area contributed by atoms with E-state index in [1.165, 1.54) is 17.7 Å². The van der Waals surface area contributed by atoms with Crippen LogP contribution in [0.15, 0.2) is 53.4 Å². The number of thiocarbonyl (C=S) groups is 1. The number of sulfonamides is 1. The Hall–Kier alpha value is -1.96. The van der Waals surface area contributed by atoms with Crippen molar-refractivity contribution in [3.63, 3.8) is 0 Å². The number of hydrogen-bond donors (Lipinski definition) is 3. The molecule has 0 amide bonds. The van der Waals surface area contributed by atoms with Gasteiger partial charge in [0.25, 0.3) is 0 Å². The zero-order chi connectivity index (χ0) is 17.7. The Morgan fingerprint density at radius 3 is 2.17 bits per heavy atom. The highest BCUT2D eigenvalue weighted by atomic mass is 32.2. The lowest BCUT2D eigenvalue weighted by atomic mass is 10.0. The average Bonchev–Trinajstić information content (AvgIpc) is 2.53. The first kappa shape index (κ1) is 18.4. The molecule has 0 bridgehead atoms. The van der Waals surface area contributed by atoms with E-state index in [1.807, 2.05) is 12.1 Å². The molecule has 0 aliphatic heterocycles. The van der Waals surface area contributed by atoms with Crippen molar-refractivity contribution in [3.8, 4) is 0 Å². The van der Waals surface area contributed by atoms with Gasteiger partial charge in [0, 0.05) is 12.2 Å². The Bertz CT molecular complexity index is 799. The Morgan fingerprint density at radius 1 is 1.08 bits per heavy atom. The molecule has 0 aliphatic rings. The van der Waals surface area contributed by atoms with E-state index in [9.17, 15) is 8.42 Å². The molecular weight excluding hydrogens is 342 g/mol. The molecule has 7 heteroatoms. The minimum absolute atomic E-state index is 0.0946. The first-order chi connectivity index (χ1) is 11.3. The average molecular weight is 364 g/mol. The van der Waals surface area contributed by atoms with E-state index >= 15 is 0 Å². The summed E-state index contributed by atoms with van der Waals surface area (Å²) >= 11 is 5.27. The molecule has 0 aliphatic carbocycles. The van der Waals surface area contributed by atoms with E-state index in [-0.39, 0.29) is 4.90 Å². The summed E-state index contributed by atoms with van der Waals surface area (Å²) < 4.78 is 22.4. The summed E-state index contributed by atoms with van der Waals surface area (Å²) in [5, 5.41) is 11.8. The lowest BCUT2D eigenvalue weighted by molar-refractivity contribution is 0.597. The van der Waals surface area contributed by atoms with Crippen LogP contribution in [-0.4, -0.2) is 13.5 Å². The molecule has 128 valence electrons. The van der Waals surface area contributed by atoms with Gasteiger partial charge in [-0.2, -0.15) is 0 Å². The maximum Gasteiger partial charge on any atom is 0.238 e. The highest BCUT2D eigenvalue weighted by Gasteiger charge is 2.07. The van der Waals surface area contributed by atoms with Crippen LogP contribution in [0, 0.1) is 0 Å². The Morgan fingerprint density at radius 2 is 1.67 bits per heavy atom. The normalized spacial score (nSPS) is 11.3. The van der Waals surface area contributed by atoms with Crippen LogP contribution in [-0.2, 0) is 16.6 Å². The largest absolute Gasteiger partial charge is 0.358 e. The van der Waals surface area contributed by atoms with Crippen molar-refractivity contribution in [1.29, 1.82) is 0 Å². The van der Waals surface area contributed by atoms with E-state index in [0.29, 0.717) is 17.6 Å².